The van der Waals surface area contributed by atoms with E-state index in [1.165, 1.54) is 4.58 Å². The molecule has 0 aliphatic carbocycles. The summed E-state index contributed by atoms with van der Waals surface area (Å²) in [6.45, 7) is 6.24. The molecule has 0 atom stereocenters. The second-order valence-corrected chi connectivity index (χ2v) is 3.66. The van der Waals surface area contributed by atoms with Crippen molar-refractivity contribution in [2.45, 2.75) is 13.3 Å². The summed E-state index contributed by atoms with van der Waals surface area (Å²) in [6.07, 6.45) is 0.200. The number of hydrogen-bond donors (Lipinski definition) is 0. The van der Waals surface area contributed by atoms with Crippen LogP contribution in [0.15, 0.2) is 18.2 Å². The molecule has 1 heterocycles. The third-order valence-corrected chi connectivity index (χ3v) is 2.42. The molecule has 0 bridgehead atoms. The molecule has 0 unspecified atom stereocenters. The summed E-state index contributed by atoms with van der Waals surface area (Å²) in [5.74, 6) is -0.599. The number of esters is 1. The summed E-state index contributed by atoms with van der Waals surface area (Å²) in [7, 11) is 0. The molecule has 0 N–H and O–H groups in total. The van der Waals surface area contributed by atoms with Gasteiger partial charge >= 0.3 is 12.1 Å². The number of fused-ring (bicyclic) bond motifs is 1. The summed E-state index contributed by atoms with van der Waals surface area (Å²) in [5, 5.41) is 1.33. The van der Waals surface area contributed by atoms with E-state index >= 15 is 0 Å². The van der Waals surface area contributed by atoms with Crippen LogP contribution in [0.2, 0.25) is 0 Å². The van der Waals surface area contributed by atoms with E-state index in [4.69, 9.17) is 0 Å². The normalized spacial score (nSPS) is 14.7. The van der Waals surface area contributed by atoms with Crippen molar-refractivity contribution in [2.75, 3.05) is 6.54 Å². The predicted molar refractivity (Wildman–Crippen MR) is 58.4 cm³/mol. The maximum absolute atomic E-state index is 11.5. The molecule has 0 saturated heterocycles. The van der Waals surface area contributed by atoms with Gasteiger partial charge in [0, 0.05) is 12.5 Å². The molecule has 1 aliphatic rings. The predicted octanol–water partition coefficient (Wildman–Crippen LogP) is 0.288. The van der Waals surface area contributed by atoms with Gasteiger partial charge in [0.1, 0.15) is 5.56 Å². The molecule has 4 heteroatoms. The van der Waals surface area contributed by atoms with Crippen molar-refractivity contribution in [3.8, 4) is 0 Å². The Morgan fingerprint density at radius 1 is 1.38 bits per heavy atom. The summed E-state index contributed by atoms with van der Waals surface area (Å²) in [4.78, 5) is 23.0. The fraction of sp³-hybridized carbons (Fsp3) is 0.250. The Balaban J connectivity index is 2.78. The molecule has 1 aromatic rings. The minimum Gasteiger partial charge on any atom is -0.333 e. The number of carbonyl (C=O) groups is 2. The molecule has 0 saturated carbocycles. The number of ether oxygens (including phenoxy) is 1. The summed E-state index contributed by atoms with van der Waals surface area (Å²) in [6, 6.07) is 5.13. The van der Waals surface area contributed by atoms with Gasteiger partial charge in [-0.2, -0.15) is 4.79 Å². The van der Waals surface area contributed by atoms with Crippen LogP contribution in [0, 0.1) is 0 Å². The SMILES string of the molecule is C=c1ccc2c(c1)C(=O)OC(=O)[N+]=2CCC. The summed E-state index contributed by atoms with van der Waals surface area (Å²) >= 11 is 0. The van der Waals surface area contributed by atoms with Crippen LogP contribution in [-0.2, 0) is 4.74 Å². The lowest BCUT2D eigenvalue weighted by atomic mass is 10.1. The van der Waals surface area contributed by atoms with Gasteiger partial charge in [0.25, 0.3) is 0 Å². The first-order chi connectivity index (χ1) is 7.63. The van der Waals surface area contributed by atoms with Crippen LogP contribution in [0.25, 0.3) is 6.58 Å². The number of carbonyl (C=O) groups excluding carboxylic acids is 2. The number of nitrogens with zero attached hydrogens (tertiary/aromatic N) is 1. The highest BCUT2D eigenvalue weighted by Crippen LogP contribution is 1.99. The van der Waals surface area contributed by atoms with Crippen LogP contribution >= 0.6 is 0 Å². The van der Waals surface area contributed by atoms with Gasteiger partial charge in [0.05, 0.1) is 0 Å². The minimum atomic E-state index is -0.601. The molecule has 0 aromatic heterocycles. The molecular weight excluding hydrogens is 206 g/mol. The molecule has 82 valence electrons. The van der Waals surface area contributed by atoms with E-state index in [9.17, 15) is 9.59 Å². The molecule has 0 fully saturated rings. The van der Waals surface area contributed by atoms with Crippen molar-refractivity contribution >= 4 is 18.6 Å². The monoisotopic (exact) mass is 218 g/mol. The Morgan fingerprint density at radius 3 is 2.81 bits per heavy atom. The zero-order valence-corrected chi connectivity index (χ0v) is 9.03. The van der Waals surface area contributed by atoms with Crippen LogP contribution in [0.5, 0.6) is 0 Å². The maximum Gasteiger partial charge on any atom is 0.605 e. The Labute approximate surface area is 92.5 Å². The molecule has 0 spiro atoms. The van der Waals surface area contributed by atoms with Crippen LogP contribution in [0.3, 0.4) is 0 Å². The van der Waals surface area contributed by atoms with Crippen LogP contribution in [0.1, 0.15) is 23.7 Å². The van der Waals surface area contributed by atoms with Crippen molar-refractivity contribution in [3.05, 3.63) is 34.3 Å². The van der Waals surface area contributed by atoms with Crippen molar-refractivity contribution < 1.29 is 14.3 Å². The average Bonchev–Trinajstić information content (AvgIpc) is 2.24. The van der Waals surface area contributed by atoms with Gasteiger partial charge in [-0.1, -0.05) is 13.5 Å². The Morgan fingerprint density at radius 2 is 2.12 bits per heavy atom. The zero-order chi connectivity index (χ0) is 11.7. The van der Waals surface area contributed by atoms with E-state index in [-0.39, 0.29) is 0 Å². The minimum absolute atomic E-state index is 0.403. The highest BCUT2D eigenvalue weighted by molar-refractivity contribution is 5.98. The molecule has 2 rings (SSSR count). The van der Waals surface area contributed by atoms with Crippen LogP contribution < -0.4 is 15.2 Å². The highest BCUT2D eigenvalue weighted by atomic mass is 16.6. The first-order valence-electron chi connectivity index (χ1n) is 5.13. The van der Waals surface area contributed by atoms with Crippen LogP contribution in [-0.4, -0.2) is 18.6 Å². The Kier molecular flexibility index (Phi) is 2.56. The van der Waals surface area contributed by atoms with Crippen molar-refractivity contribution in [1.29, 1.82) is 0 Å². The number of amides is 1. The van der Waals surface area contributed by atoms with Gasteiger partial charge in [-0.3, -0.25) is 0 Å². The first-order valence-corrected chi connectivity index (χ1v) is 5.13. The second-order valence-electron chi connectivity index (χ2n) is 3.66. The van der Waals surface area contributed by atoms with E-state index in [0.29, 0.717) is 17.5 Å². The average molecular weight is 218 g/mol. The lowest BCUT2D eigenvalue weighted by Crippen LogP contribution is -2.45. The van der Waals surface area contributed by atoms with Gasteiger partial charge in [0.15, 0.2) is 6.54 Å². The van der Waals surface area contributed by atoms with E-state index in [1.807, 2.05) is 6.92 Å². The van der Waals surface area contributed by atoms with E-state index < -0.39 is 12.1 Å². The molecular formula is C12H12NO3+. The standard InChI is InChI=1S/C12H12NO3/c1-3-6-13-10-5-4-8(2)7-9(10)11(14)16-12(13)15/h4-5,7H,2-3,6H2,1H3/q+1. The Bertz CT molecular complexity index is 574. The smallest absolute Gasteiger partial charge is 0.333 e. The second kappa shape index (κ2) is 3.89. The Hall–Kier alpha value is -1.97. The molecule has 4 nitrogen and oxygen atoms in total. The molecule has 0 radical (unpaired) electrons. The molecule has 1 aromatic carbocycles. The summed E-state index contributed by atoms with van der Waals surface area (Å²) < 4.78 is 6.12. The fourth-order valence-corrected chi connectivity index (χ4v) is 1.71. The topological polar surface area (TPSA) is 46.4 Å². The van der Waals surface area contributed by atoms with E-state index in [2.05, 4.69) is 11.3 Å². The molecule has 16 heavy (non-hydrogen) atoms. The van der Waals surface area contributed by atoms with Crippen molar-refractivity contribution in [3.63, 3.8) is 0 Å². The number of cyclic esters (lactones) is 2. The lowest BCUT2D eigenvalue weighted by Gasteiger charge is -2.07. The molecule has 1 amide bonds. The number of rotatable bonds is 2. The largest absolute Gasteiger partial charge is 0.605 e. The van der Waals surface area contributed by atoms with Gasteiger partial charge in [-0.05, 0) is 17.4 Å². The number of benzene rings is 1. The number of hydrogen-bond acceptors (Lipinski definition) is 3. The van der Waals surface area contributed by atoms with Gasteiger partial charge in [-0.25, -0.2) is 4.79 Å². The van der Waals surface area contributed by atoms with Crippen molar-refractivity contribution in [2.24, 2.45) is 0 Å². The lowest BCUT2D eigenvalue weighted by molar-refractivity contribution is 0.0587. The van der Waals surface area contributed by atoms with E-state index in [1.54, 1.807) is 18.2 Å². The first kappa shape index (κ1) is 10.5. The fourth-order valence-electron chi connectivity index (χ4n) is 1.71. The molecule has 1 aliphatic heterocycles. The van der Waals surface area contributed by atoms with Gasteiger partial charge < -0.3 is 4.74 Å². The maximum atomic E-state index is 11.5. The van der Waals surface area contributed by atoms with E-state index in [0.717, 1.165) is 11.6 Å². The van der Waals surface area contributed by atoms with Crippen LogP contribution in [0.4, 0.5) is 4.79 Å². The third-order valence-electron chi connectivity index (χ3n) is 2.42. The quantitative estimate of drug-likeness (QED) is 0.407. The van der Waals surface area contributed by atoms with Gasteiger partial charge in [0.2, 0.25) is 5.36 Å². The zero-order valence-electron chi connectivity index (χ0n) is 9.03. The van der Waals surface area contributed by atoms with Crippen molar-refractivity contribution in [1.82, 2.24) is 4.58 Å². The van der Waals surface area contributed by atoms with Gasteiger partial charge in [-0.15, -0.1) is 4.58 Å². The highest BCUT2D eigenvalue weighted by Gasteiger charge is 2.32. The summed E-state index contributed by atoms with van der Waals surface area (Å²) in [5.41, 5.74) is 0.403. The third kappa shape index (κ3) is 1.62.